The summed E-state index contributed by atoms with van der Waals surface area (Å²) in [6, 6.07) is 4.04. The molecule has 0 saturated carbocycles. The Labute approximate surface area is 92.8 Å². The SMILES string of the molecule is CCCCCCC.Cl.c1ccsc1. The Morgan fingerprint density at radius 2 is 1.31 bits per heavy atom. The lowest BCUT2D eigenvalue weighted by Crippen LogP contribution is -1.70. The first-order valence-electron chi connectivity index (χ1n) is 4.89. The van der Waals surface area contributed by atoms with Gasteiger partial charge in [0.05, 0.1) is 0 Å². The van der Waals surface area contributed by atoms with Gasteiger partial charge in [0.25, 0.3) is 0 Å². The van der Waals surface area contributed by atoms with Gasteiger partial charge in [-0.05, 0) is 10.8 Å². The van der Waals surface area contributed by atoms with Crippen LogP contribution < -0.4 is 0 Å². The Balaban J connectivity index is 0. The molecule has 0 spiro atoms. The molecule has 0 aromatic carbocycles. The predicted octanol–water partition coefficient (Wildman–Crippen LogP) is 5.15. The summed E-state index contributed by atoms with van der Waals surface area (Å²) in [6.07, 6.45) is 7.01. The average molecular weight is 221 g/mol. The minimum atomic E-state index is 0. The molecule has 78 valence electrons. The van der Waals surface area contributed by atoms with Crippen LogP contribution in [0.25, 0.3) is 0 Å². The van der Waals surface area contributed by atoms with Gasteiger partial charge in [-0.25, -0.2) is 0 Å². The number of hydrogen-bond acceptors (Lipinski definition) is 1. The van der Waals surface area contributed by atoms with Gasteiger partial charge in [0.2, 0.25) is 0 Å². The standard InChI is InChI=1S/C7H16.C4H4S.ClH/c1-3-5-7-6-4-2;1-2-4-5-3-1;/h3-7H2,1-2H3;1-4H;1H. The van der Waals surface area contributed by atoms with Crippen molar-refractivity contribution in [3.05, 3.63) is 22.9 Å². The zero-order chi connectivity index (χ0) is 9.07. The molecular formula is C11H21ClS. The van der Waals surface area contributed by atoms with Gasteiger partial charge < -0.3 is 0 Å². The molecule has 2 heteroatoms. The number of unbranched alkanes of at least 4 members (excludes halogenated alkanes) is 4. The number of thiophene rings is 1. The molecular weight excluding hydrogens is 200 g/mol. The van der Waals surface area contributed by atoms with Gasteiger partial charge in [-0.2, -0.15) is 11.3 Å². The fourth-order valence-electron chi connectivity index (χ4n) is 0.904. The van der Waals surface area contributed by atoms with Crippen molar-refractivity contribution in [2.45, 2.75) is 46.0 Å². The maximum Gasteiger partial charge on any atom is -0.00934 e. The molecule has 0 aliphatic carbocycles. The van der Waals surface area contributed by atoms with Crippen molar-refractivity contribution in [2.24, 2.45) is 0 Å². The molecule has 0 atom stereocenters. The first-order chi connectivity index (χ1) is 5.91. The Morgan fingerprint density at radius 3 is 1.54 bits per heavy atom. The first kappa shape index (κ1) is 15.5. The molecule has 0 fully saturated rings. The van der Waals surface area contributed by atoms with Crippen molar-refractivity contribution in [3.63, 3.8) is 0 Å². The summed E-state index contributed by atoms with van der Waals surface area (Å²) in [5.74, 6) is 0. The van der Waals surface area contributed by atoms with Crippen LogP contribution in [0.2, 0.25) is 0 Å². The molecule has 0 saturated heterocycles. The maximum atomic E-state index is 2.25. The highest BCUT2D eigenvalue weighted by Crippen LogP contribution is 2.00. The predicted molar refractivity (Wildman–Crippen MR) is 66.0 cm³/mol. The maximum absolute atomic E-state index is 2.25. The molecule has 0 bridgehead atoms. The van der Waals surface area contributed by atoms with Crippen molar-refractivity contribution in [3.8, 4) is 0 Å². The molecule has 0 aliphatic heterocycles. The molecule has 13 heavy (non-hydrogen) atoms. The quantitative estimate of drug-likeness (QED) is 0.616. The lowest BCUT2D eigenvalue weighted by atomic mass is 10.2. The van der Waals surface area contributed by atoms with Gasteiger partial charge in [0.15, 0.2) is 0 Å². The van der Waals surface area contributed by atoms with Crippen LogP contribution in [0.4, 0.5) is 0 Å². The highest BCUT2D eigenvalue weighted by atomic mass is 35.5. The molecule has 1 heterocycles. The molecule has 0 amide bonds. The highest BCUT2D eigenvalue weighted by Gasteiger charge is 1.80. The van der Waals surface area contributed by atoms with Crippen molar-refractivity contribution < 1.29 is 0 Å². The molecule has 0 nitrogen and oxygen atoms in total. The van der Waals surface area contributed by atoms with E-state index in [0.717, 1.165) is 0 Å². The third kappa shape index (κ3) is 14.8. The normalized spacial score (nSPS) is 8.15. The van der Waals surface area contributed by atoms with Gasteiger partial charge in [0.1, 0.15) is 0 Å². The van der Waals surface area contributed by atoms with Crippen LogP contribution in [0.5, 0.6) is 0 Å². The third-order valence-corrected chi connectivity index (χ3v) is 2.26. The second kappa shape index (κ2) is 14.5. The van der Waals surface area contributed by atoms with Gasteiger partial charge in [0, 0.05) is 0 Å². The minimum absolute atomic E-state index is 0. The van der Waals surface area contributed by atoms with Crippen LogP contribution in [0.3, 0.4) is 0 Å². The Kier molecular flexibility index (Phi) is 17.3. The van der Waals surface area contributed by atoms with Crippen LogP contribution in [0.1, 0.15) is 46.0 Å². The zero-order valence-corrected chi connectivity index (χ0v) is 10.3. The average Bonchev–Trinajstić information content (AvgIpc) is 2.62. The fourth-order valence-corrected chi connectivity index (χ4v) is 1.36. The van der Waals surface area contributed by atoms with Crippen LogP contribution in [0.15, 0.2) is 22.9 Å². The topological polar surface area (TPSA) is 0 Å². The summed E-state index contributed by atoms with van der Waals surface area (Å²) in [7, 11) is 0. The van der Waals surface area contributed by atoms with Gasteiger partial charge in [-0.1, -0.05) is 58.1 Å². The van der Waals surface area contributed by atoms with Gasteiger partial charge in [-0.3, -0.25) is 0 Å². The summed E-state index contributed by atoms with van der Waals surface area (Å²) in [6.45, 7) is 4.49. The minimum Gasteiger partial charge on any atom is -0.152 e. The van der Waals surface area contributed by atoms with Crippen molar-refractivity contribution in [2.75, 3.05) is 0 Å². The van der Waals surface area contributed by atoms with Crippen molar-refractivity contribution in [1.82, 2.24) is 0 Å². The van der Waals surface area contributed by atoms with Crippen LogP contribution in [0, 0.1) is 0 Å². The van der Waals surface area contributed by atoms with E-state index in [2.05, 4.69) is 13.8 Å². The van der Waals surface area contributed by atoms with Crippen LogP contribution in [-0.4, -0.2) is 0 Å². The second-order valence-electron chi connectivity index (χ2n) is 2.85. The van der Waals surface area contributed by atoms with Crippen molar-refractivity contribution >= 4 is 23.7 Å². The largest absolute Gasteiger partial charge is 0.152 e. The van der Waals surface area contributed by atoms with E-state index >= 15 is 0 Å². The third-order valence-electron chi connectivity index (χ3n) is 1.63. The monoisotopic (exact) mass is 220 g/mol. The number of halogens is 1. The molecule has 0 aliphatic rings. The van der Waals surface area contributed by atoms with E-state index in [9.17, 15) is 0 Å². The lowest BCUT2D eigenvalue weighted by molar-refractivity contribution is 0.656. The lowest BCUT2D eigenvalue weighted by Gasteiger charge is -1.90. The molecule has 0 unspecified atom stereocenters. The summed E-state index contributed by atoms with van der Waals surface area (Å²) < 4.78 is 0. The Hall–Kier alpha value is -0.0100. The molecule has 0 radical (unpaired) electrons. The van der Waals surface area contributed by atoms with E-state index < -0.39 is 0 Å². The molecule has 1 rings (SSSR count). The summed E-state index contributed by atoms with van der Waals surface area (Å²) in [5.41, 5.74) is 0. The van der Waals surface area contributed by atoms with E-state index in [-0.39, 0.29) is 12.4 Å². The smallest absolute Gasteiger partial charge is 0.00934 e. The van der Waals surface area contributed by atoms with E-state index in [1.54, 1.807) is 11.3 Å². The van der Waals surface area contributed by atoms with E-state index in [4.69, 9.17) is 0 Å². The van der Waals surface area contributed by atoms with Crippen LogP contribution >= 0.6 is 23.7 Å². The van der Waals surface area contributed by atoms with Crippen molar-refractivity contribution in [1.29, 1.82) is 0 Å². The highest BCUT2D eigenvalue weighted by molar-refractivity contribution is 7.07. The summed E-state index contributed by atoms with van der Waals surface area (Å²) >= 11 is 1.71. The van der Waals surface area contributed by atoms with E-state index in [1.165, 1.54) is 32.1 Å². The number of rotatable bonds is 4. The van der Waals surface area contributed by atoms with Crippen LogP contribution in [-0.2, 0) is 0 Å². The molecule has 1 aromatic rings. The molecule has 1 aromatic heterocycles. The molecule has 0 N–H and O–H groups in total. The Bertz CT molecular complexity index is 117. The fraction of sp³-hybridized carbons (Fsp3) is 0.636. The van der Waals surface area contributed by atoms with E-state index in [1.807, 2.05) is 22.9 Å². The number of hydrogen-bond donors (Lipinski definition) is 0. The second-order valence-corrected chi connectivity index (χ2v) is 3.67. The van der Waals surface area contributed by atoms with E-state index in [0.29, 0.717) is 0 Å². The van der Waals surface area contributed by atoms with Gasteiger partial charge >= 0.3 is 0 Å². The zero-order valence-electron chi connectivity index (χ0n) is 8.66. The summed E-state index contributed by atoms with van der Waals surface area (Å²) in [4.78, 5) is 0. The Morgan fingerprint density at radius 1 is 0.846 bits per heavy atom. The van der Waals surface area contributed by atoms with Gasteiger partial charge in [-0.15, -0.1) is 12.4 Å². The first-order valence-corrected chi connectivity index (χ1v) is 5.83. The summed E-state index contributed by atoms with van der Waals surface area (Å²) in [5, 5.41) is 4.08.